The molecule has 1 saturated heterocycles. The van der Waals surface area contributed by atoms with Crippen molar-refractivity contribution in [1.82, 2.24) is 14.7 Å². The molecule has 0 unspecified atom stereocenters. The monoisotopic (exact) mass is 543 g/mol. The number of carbonyl (C=O) groups excluding carboxylic acids is 1. The molecule has 0 radical (unpaired) electrons. The Kier molecular flexibility index (Phi) is 7.36. The van der Waals surface area contributed by atoms with Gasteiger partial charge in [0.15, 0.2) is 0 Å². The zero-order valence-corrected chi connectivity index (χ0v) is 21.6. The molecule has 3 aromatic heterocycles. The molecule has 13 heteroatoms. The van der Waals surface area contributed by atoms with Crippen molar-refractivity contribution in [2.45, 2.75) is 30.4 Å². The number of hydrogen-bond donors (Lipinski definition) is 2. The SMILES string of the molecule is CCc1cnc(-c2cc(Cl)c(N3CCC(C(=O)NS(=O)(=O)c4ccc(Cl)s4)CC3)nc2NC)o1. The van der Waals surface area contributed by atoms with Gasteiger partial charge in [-0.2, -0.15) is 0 Å². The number of nitrogens with zero attached hydrogens (tertiary/aromatic N) is 3. The van der Waals surface area contributed by atoms with E-state index in [4.69, 9.17) is 27.6 Å². The highest BCUT2D eigenvalue weighted by molar-refractivity contribution is 7.92. The van der Waals surface area contributed by atoms with Crippen molar-refractivity contribution < 1.29 is 17.6 Å². The Labute approximate surface area is 211 Å². The summed E-state index contributed by atoms with van der Waals surface area (Å²) in [6.45, 7) is 2.98. The number of rotatable bonds is 7. The van der Waals surface area contributed by atoms with Crippen LogP contribution in [0.25, 0.3) is 11.5 Å². The minimum absolute atomic E-state index is 0.0102. The summed E-state index contributed by atoms with van der Waals surface area (Å²) in [5.41, 5.74) is 0.657. The van der Waals surface area contributed by atoms with E-state index in [0.717, 1.165) is 23.5 Å². The van der Waals surface area contributed by atoms with Crippen LogP contribution >= 0.6 is 34.5 Å². The molecule has 0 saturated carbocycles. The molecule has 4 rings (SSSR count). The van der Waals surface area contributed by atoms with E-state index in [-0.39, 0.29) is 4.21 Å². The van der Waals surface area contributed by atoms with Crippen molar-refractivity contribution in [3.63, 3.8) is 0 Å². The zero-order chi connectivity index (χ0) is 24.5. The fourth-order valence-corrected chi connectivity index (χ4v) is 6.51. The van der Waals surface area contributed by atoms with E-state index in [0.29, 0.717) is 58.4 Å². The molecular weight excluding hydrogens is 521 g/mol. The van der Waals surface area contributed by atoms with Gasteiger partial charge in [0.1, 0.15) is 21.6 Å². The highest BCUT2D eigenvalue weighted by atomic mass is 35.5. The molecule has 0 spiro atoms. The second kappa shape index (κ2) is 10.1. The van der Waals surface area contributed by atoms with Crippen LogP contribution in [-0.2, 0) is 21.2 Å². The van der Waals surface area contributed by atoms with Gasteiger partial charge in [0.05, 0.1) is 21.1 Å². The molecule has 4 heterocycles. The number of aromatic nitrogens is 2. The summed E-state index contributed by atoms with van der Waals surface area (Å²) in [7, 11) is -2.18. The summed E-state index contributed by atoms with van der Waals surface area (Å²) in [5.74, 6) is 1.39. The molecule has 0 atom stereocenters. The van der Waals surface area contributed by atoms with Crippen LogP contribution in [0.1, 0.15) is 25.5 Å². The van der Waals surface area contributed by atoms with E-state index >= 15 is 0 Å². The first kappa shape index (κ1) is 24.8. The standard InChI is InChI=1S/C21H23Cl2N5O4S2/c1-3-13-11-25-21(32-13)14-10-15(22)19(26-18(14)24-2)28-8-6-12(7-9-28)20(29)27-34(30,31)17-5-4-16(23)33-17/h4-5,10-12H,3,6-9H2,1-2H3,(H,24,26)(H,27,29). The first-order chi connectivity index (χ1) is 16.2. The van der Waals surface area contributed by atoms with Crippen molar-refractivity contribution in [3.8, 4) is 11.5 Å². The third-order valence-electron chi connectivity index (χ3n) is 5.54. The molecule has 1 aliphatic rings. The van der Waals surface area contributed by atoms with E-state index in [2.05, 4.69) is 20.0 Å². The van der Waals surface area contributed by atoms with Crippen LogP contribution in [0.2, 0.25) is 9.36 Å². The Morgan fingerprint density at radius 1 is 1.29 bits per heavy atom. The lowest BCUT2D eigenvalue weighted by molar-refractivity contribution is -0.123. The van der Waals surface area contributed by atoms with Crippen LogP contribution < -0.4 is 14.9 Å². The Morgan fingerprint density at radius 3 is 2.62 bits per heavy atom. The minimum Gasteiger partial charge on any atom is -0.441 e. The molecule has 9 nitrogen and oxygen atoms in total. The smallest absolute Gasteiger partial charge is 0.273 e. The molecule has 1 aliphatic heterocycles. The molecule has 2 N–H and O–H groups in total. The predicted octanol–water partition coefficient (Wildman–Crippen LogP) is 4.43. The summed E-state index contributed by atoms with van der Waals surface area (Å²) in [6, 6.07) is 4.62. The number of amides is 1. The predicted molar refractivity (Wildman–Crippen MR) is 133 cm³/mol. The maximum atomic E-state index is 12.6. The Balaban J connectivity index is 1.45. The van der Waals surface area contributed by atoms with Crippen molar-refractivity contribution in [1.29, 1.82) is 0 Å². The van der Waals surface area contributed by atoms with Crippen LogP contribution in [-0.4, -0.2) is 44.4 Å². The van der Waals surface area contributed by atoms with Gasteiger partial charge in [-0.1, -0.05) is 30.1 Å². The fourth-order valence-electron chi connectivity index (χ4n) is 3.71. The zero-order valence-electron chi connectivity index (χ0n) is 18.5. The second-order valence-electron chi connectivity index (χ2n) is 7.71. The van der Waals surface area contributed by atoms with Crippen molar-refractivity contribution in [3.05, 3.63) is 39.5 Å². The van der Waals surface area contributed by atoms with E-state index in [1.54, 1.807) is 19.3 Å². The highest BCUT2D eigenvalue weighted by Crippen LogP contribution is 2.36. The molecule has 1 fully saturated rings. The fraction of sp³-hybridized carbons (Fsp3) is 0.381. The van der Waals surface area contributed by atoms with Gasteiger partial charge < -0.3 is 14.6 Å². The maximum Gasteiger partial charge on any atom is 0.273 e. The Morgan fingerprint density at radius 2 is 2.03 bits per heavy atom. The summed E-state index contributed by atoms with van der Waals surface area (Å²) < 4.78 is 33.1. The van der Waals surface area contributed by atoms with E-state index in [1.165, 1.54) is 12.1 Å². The molecular formula is C21H23Cl2N5O4S2. The van der Waals surface area contributed by atoms with Crippen LogP contribution in [0.15, 0.2) is 33.0 Å². The van der Waals surface area contributed by atoms with Gasteiger partial charge in [-0.3, -0.25) is 4.79 Å². The largest absolute Gasteiger partial charge is 0.441 e. The lowest BCUT2D eigenvalue weighted by Gasteiger charge is -2.32. The van der Waals surface area contributed by atoms with E-state index < -0.39 is 21.8 Å². The normalized spacial score (nSPS) is 14.9. The number of sulfonamides is 1. The second-order valence-corrected chi connectivity index (χ2v) is 11.7. The number of halogens is 2. The number of nitrogens with one attached hydrogen (secondary N) is 2. The molecule has 182 valence electrons. The Hall–Kier alpha value is -2.34. The number of anilines is 2. The van der Waals surface area contributed by atoms with Crippen molar-refractivity contribution in [2.24, 2.45) is 5.92 Å². The summed E-state index contributed by atoms with van der Waals surface area (Å²) >= 11 is 13.3. The van der Waals surface area contributed by atoms with Crippen LogP contribution in [0.5, 0.6) is 0 Å². The van der Waals surface area contributed by atoms with Gasteiger partial charge in [-0.25, -0.2) is 23.1 Å². The third-order valence-corrected chi connectivity index (χ3v) is 8.89. The third kappa shape index (κ3) is 5.17. The molecule has 0 aromatic carbocycles. The van der Waals surface area contributed by atoms with Crippen LogP contribution in [0.4, 0.5) is 11.6 Å². The van der Waals surface area contributed by atoms with E-state index in [9.17, 15) is 13.2 Å². The van der Waals surface area contributed by atoms with Gasteiger partial charge in [-0.15, -0.1) is 11.3 Å². The maximum absolute atomic E-state index is 12.6. The van der Waals surface area contributed by atoms with Gasteiger partial charge in [0.25, 0.3) is 10.0 Å². The van der Waals surface area contributed by atoms with Crippen LogP contribution in [0.3, 0.4) is 0 Å². The number of piperidine rings is 1. The van der Waals surface area contributed by atoms with Gasteiger partial charge in [-0.05, 0) is 31.0 Å². The molecule has 34 heavy (non-hydrogen) atoms. The average Bonchev–Trinajstić information content (AvgIpc) is 3.48. The number of oxazole rings is 1. The molecule has 0 bridgehead atoms. The topological polar surface area (TPSA) is 117 Å². The van der Waals surface area contributed by atoms with Gasteiger partial charge >= 0.3 is 0 Å². The van der Waals surface area contributed by atoms with Crippen LogP contribution in [0, 0.1) is 5.92 Å². The first-order valence-electron chi connectivity index (χ1n) is 10.6. The van der Waals surface area contributed by atoms with Crippen molar-refractivity contribution >= 4 is 62.1 Å². The minimum atomic E-state index is -3.94. The first-order valence-corrected chi connectivity index (χ1v) is 13.7. The average molecular weight is 544 g/mol. The summed E-state index contributed by atoms with van der Waals surface area (Å²) in [6.07, 6.45) is 3.33. The summed E-state index contributed by atoms with van der Waals surface area (Å²) in [4.78, 5) is 23.6. The molecule has 3 aromatic rings. The lowest BCUT2D eigenvalue weighted by atomic mass is 9.96. The quantitative estimate of drug-likeness (QED) is 0.449. The number of pyridine rings is 1. The molecule has 1 amide bonds. The van der Waals surface area contributed by atoms with Gasteiger partial charge in [0.2, 0.25) is 11.8 Å². The van der Waals surface area contributed by atoms with Crippen molar-refractivity contribution in [2.75, 3.05) is 30.4 Å². The molecule has 0 aliphatic carbocycles. The number of thiophene rings is 1. The number of hydrogen-bond acceptors (Lipinski definition) is 9. The summed E-state index contributed by atoms with van der Waals surface area (Å²) in [5, 5.41) is 3.50. The van der Waals surface area contributed by atoms with E-state index in [1.807, 2.05) is 11.8 Å². The number of aryl methyl sites for hydroxylation is 1. The number of carbonyl (C=O) groups is 1. The lowest BCUT2D eigenvalue weighted by Crippen LogP contribution is -2.42. The van der Waals surface area contributed by atoms with Gasteiger partial charge in [0, 0.05) is 32.5 Å². The Bertz CT molecular complexity index is 1300. The highest BCUT2D eigenvalue weighted by Gasteiger charge is 2.30.